The van der Waals surface area contributed by atoms with Crippen LogP contribution in [0.4, 0.5) is 0 Å². The molecule has 108 valence electrons. The Labute approximate surface area is 124 Å². The first kappa shape index (κ1) is 12.5. The van der Waals surface area contributed by atoms with Crippen molar-refractivity contribution in [2.24, 2.45) is 0 Å². The summed E-state index contributed by atoms with van der Waals surface area (Å²) < 4.78 is 5.81. The van der Waals surface area contributed by atoms with E-state index in [0.717, 1.165) is 11.3 Å². The summed E-state index contributed by atoms with van der Waals surface area (Å²) in [7, 11) is 0. The summed E-state index contributed by atoms with van der Waals surface area (Å²) in [5, 5.41) is 23.2. The lowest BCUT2D eigenvalue weighted by atomic mass is 9.92. The number of H-pyrrole nitrogens is 1. The number of para-hydroxylation sites is 1. The van der Waals surface area contributed by atoms with Gasteiger partial charge >= 0.3 is 5.97 Å². The molecule has 2 N–H and O–H groups in total. The molecule has 2 aromatic carbocycles. The van der Waals surface area contributed by atoms with E-state index < -0.39 is 5.97 Å². The Morgan fingerprint density at radius 1 is 1.18 bits per heavy atom. The van der Waals surface area contributed by atoms with Gasteiger partial charge in [0, 0.05) is 17.5 Å². The lowest BCUT2D eigenvalue weighted by molar-refractivity contribution is 0.0696. The molecule has 22 heavy (non-hydrogen) atoms. The molecule has 1 aromatic heterocycles. The Morgan fingerprint density at radius 2 is 2.05 bits per heavy atom. The molecule has 0 spiro atoms. The van der Waals surface area contributed by atoms with E-state index in [0.29, 0.717) is 23.3 Å². The molecule has 0 bridgehead atoms. The van der Waals surface area contributed by atoms with Gasteiger partial charge in [-0.3, -0.25) is 0 Å². The molecule has 0 aliphatic carbocycles. The summed E-state index contributed by atoms with van der Waals surface area (Å²) >= 11 is 0. The highest BCUT2D eigenvalue weighted by atomic mass is 16.5. The molecule has 3 aromatic rings. The van der Waals surface area contributed by atoms with Crippen molar-refractivity contribution in [1.82, 2.24) is 20.6 Å². The number of nitrogens with zero attached hydrogens (tertiary/aromatic N) is 3. The molecule has 2 heterocycles. The SMILES string of the molecule is O=C(O)c1c(-c2nn[nH]n2)ccc2c1Cc1ccccc1O2. The number of carboxylic acid groups (broad SMARTS) is 1. The minimum atomic E-state index is -1.04. The fourth-order valence-electron chi connectivity index (χ4n) is 2.66. The summed E-state index contributed by atoms with van der Waals surface area (Å²) in [5.74, 6) is 0.501. The van der Waals surface area contributed by atoms with Crippen LogP contribution in [-0.4, -0.2) is 31.7 Å². The molecule has 4 rings (SSSR count). The molecule has 7 nitrogen and oxygen atoms in total. The van der Waals surface area contributed by atoms with Gasteiger partial charge in [-0.1, -0.05) is 18.2 Å². The van der Waals surface area contributed by atoms with Crippen LogP contribution in [0.25, 0.3) is 11.4 Å². The Kier molecular flexibility index (Phi) is 2.65. The second kappa shape index (κ2) is 4.66. The van der Waals surface area contributed by atoms with E-state index in [1.165, 1.54) is 0 Å². The Morgan fingerprint density at radius 3 is 2.82 bits per heavy atom. The van der Waals surface area contributed by atoms with Crippen molar-refractivity contribution in [2.45, 2.75) is 6.42 Å². The third-order valence-electron chi connectivity index (χ3n) is 3.63. The number of aromatic carboxylic acids is 1. The number of rotatable bonds is 2. The number of hydrogen-bond donors (Lipinski definition) is 2. The topological polar surface area (TPSA) is 101 Å². The summed E-state index contributed by atoms with van der Waals surface area (Å²) in [6, 6.07) is 11.0. The molecule has 1 aliphatic heterocycles. The molecule has 0 unspecified atom stereocenters. The van der Waals surface area contributed by atoms with Crippen LogP contribution in [0.3, 0.4) is 0 Å². The maximum Gasteiger partial charge on any atom is 0.336 e. The van der Waals surface area contributed by atoms with E-state index in [2.05, 4.69) is 20.6 Å². The zero-order chi connectivity index (χ0) is 15.1. The maximum atomic E-state index is 11.8. The van der Waals surface area contributed by atoms with Gasteiger partial charge in [0.25, 0.3) is 0 Å². The van der Waals surface area contributed by atoms with Gasteiger partial charge in [-0.15, -0.1) is 10.2 Å². The Hall–Kier alpha value is -3.22. The lowest BCUT2D eigenvalue weighted by Gasteiger charge is -2.22. The number of fused-ring (bicyclic) bond motifs is 2. The molecule has 0 radical (unpaired) electrons. The fourth-order valence-corrected chi connectivity index (χ4v) is 2.66. The van der Waals surface area contributed by atoms with Crippen LogP contribution in [-0.2, 0) is 6.42 Å². The van der Waals surface area contributed by atoms with Crippen LogP contribution in [0.2, 0.25) is 0 Å². The van der Waals surface area contributed by atoms with Gasteiger partial charge in [-0.2, -0.15) is 5.21 Å². The molecular formula is C15H10N4O3. The lowest BCUT2D eigenvalue weighted by Crippen LogP contribution is -2.11. The number of ether oxygens (including phenoxy) is 1. The van der Waals surface area contributed by atoms with E-state index in [9.17, 15) is 9.90 Å². The van der Waals surface area contributed by atoms with Crippen molar-refractivity contribution in [3.63, 3.8) is 0 Å². The number of aromatic amines is 1. The second-order valence-electron chi connectivity index (χ2n) is 4.89. The van der Waals surface area contributed by atoms with E-state index in [-0.39, 0.29) is 11.4 Å². The zero-order valence-electron chi connectivity index (χ0n) is 11.3. The predicted molar refractivity (Wildman–Crippen MR) is 75.9 cm³/mol. The fraction of sp³-hybridized carbons (Fsp3) is 0.0667. The van der Waals surface area contributed by atoms with Crippen molar-refractivity contribution >= 4 is 5.97 Å². The van der Waals surface area contributed by atoms with Gasteiger partial charge in [0.1, 0.15) is 11.5 Å². The monoisotopic (exact) mass is 294 g/mol. The number of tetrazole rings is 1. The number of carboxylic acids is 1. The quantitative estimate of drug-likeness (QED) is 0.588. The highest BCUT2D eigenvalue weighted by Crippen LogP contribution is 2.40. The first-order chi connectivity index (χ1) is 10.7. The smallest absolute Gasteiger partial charge is 0.336 e. The van der Waals surface area contributed by atoms with Crippen LogP contribution in [0, 0.1) is 0 Å². The van der Waals surface area contributed by atoms with Crippen LogP contribution in [0.5, 0.6) is 11.5 Å². The molecule has 1 aliphatic rings. The Bertz CT molecular complexity index is 874. The summed E-state index contributed by atoms with van der Waals surface area (Å²) in [4.78, 5) is 11.8. The predicted octanol–water partition coefficient (Wildman–Crippen LogP) is 2.26. The van der Waals surface area contributed by atoms with E-state index in [1.807, 2.05) is 24.3 Å². The van der Waals surface area contributed by atoms with Gasteiger partial charge < -0.3 is 9.84 Å². The number of hydrogen-bond acceptors (Lipinski definition) is 5. The number of nitrogens with one attached hydrogen (secondary N) is 1. The molecular weight excluding hydrogens is 284 g/mol. The van der Waals surface area contributed by atoms with E-state index >= 15 is 0 Å². The van der Waals surface area contributed by atoms with Gasteiger partial charge in [0.15, 0.2) is 0 Å². The third kappa shape index (κ3) is 1.83. The summed E-state index contributed by atoms with van der Waals surface area (Å²) in [5.41, 5.74) is 2.13. The van der Waals surface area contributed by atoms with Crippen LogP contribution >= 0.6 is 0 Å². The molecule has 0 fully saturated rings. The van der Waals surface area contributed by atoms with Crippen molar-refractivity contribution in [3.8, 4) is 22.9 Å². The van der Waals surface area contributed by atoms with Crippen molar-refractivity contribution in [2.75, 3.05) is 0 Å². The molecule has 7 heteroatoms. The van der Waals surface area contributed by atoms with Crippen LogP contribution in [0.15, 0.2) is 36.4 Å². The van der Waals surface area contributed by atoms with Crippen LogP contribution < -0.4 is 4.74 Å². The minimum absolute atomic E-state index is 0.147. The standard InChI is InChI=1S/C15H10N4O3/c20-15(21)13-9(14-16-18-19-17-14)5-6-12-10(13)7-8-3-1-2-4-11(8)22-12/h1-6H,7H2,(H,20,21)(H,16,17,18,19). The van der Waals surface area contributed by atoms with E-state index in [1.54, 1.807) is 12.1 Å². The molecule has 0 atom stereocenters. The zero-order valence-corrected chi connectivity index (χ0v) is 11.3. The Balaban J connectivity index is 1.93. The maximum absolute atomic E-state index is 11.8. The summed E-state index contributed by atoms with van der Waals surface area (Å²) in [6.45, 7) is 0. The first-order valence-corrected chi connectivity index (χ1v) is 6.63. The van der Waals surface area contributed by atoms with Gasteiger partial charge in [-0.25, -0.2) is 4.79 Å². The van der Waals surface area contributed by atoms with Crippen LogP contribution in [0.1, 0.15) is 21.5 Å². The minimum Gasteiger partial charge on any atom is -0.478 e. The highest BCUT2D eigenvalue weighted by Gasteiger charge is 2.26. The van der Waals surface area contributed by atoms with Crippen molar-refractivity contribution in [1.29, 1.82) is 0 Å². The van der Waals surface area contributed by atoms with Crippen molar-refractivity contribution in [3.05, 3.63) is 53.1 Å². The van der Waals surface area contributed by atoms with Gasteiger partial charge in [-0.05, 0) is 29.0 Å². The number of aromatic nitrogens is 4. The highest BCUT2D eigenvalue weighted by molar-refractivity contribution is 5.97. The average Bonchev–Trinajstić information content (AvgIpc) is 3.05. The van der Waals surface area contributed by atoms with Gasteiger partial charge in [0.05, 0.1) is 5.56 Å². The van der Waals surface area contributed by atoms with Gasteiger partial charge in [0.2, 0.25) is 5.82 Å². The average molecular weight is 294 g/mol. The number of carbonyl (C=O) groups is 1. The molecule has 0 amide bonds. The molecule has 0 saturated heterocycles. The largest absolute Gasteiger partial charge is 0.478 e. The van der Waals surface area contributed by atoms with E-state index in [4.69, 9.17) is 4.74 Å². The summed E-state index contributed by atoms with van der Waals surface area (Å²) in [6.07, 6.45) is 0.485. The van der Waals surface area contributed by atoms with Crippen molar-refractivity contribution < 1.29 is 14.6 Å². The molecule has 0 saturated carbocycles. The first-order valence-electron chi connectivity index (χ1n) is 6.63. The second-order valence-corrected chi connectivity index (χ2v) is 4.89. The number of benzene rings is 2. The third-order valence-corrected chi connectivity index (χ3v) is 3.63. The normalized spacial score (nSPS) is 12.2.